The Morgan fingerprint density at radius 1 is 1.03 bits per heavy atom. The van der Waals surface area contributed by atoms with Crippen LogP contribution in [0, 0.1) is 0 Å². The van der Waals surface area contributed by atoms with Gasteiger partial charge in [-0.2, -0.15) is 0 Å². The van der Waals surface area contributed by atoms with Gasteiger partial charge in [-0.1, -0.05) is 65.3 Å². The lowest BCUT2D eigenvalue weighted by molar-refractivity contribution is -0.118. The lowest BCUT2D eigenvalue weighted by atomic mass is 10.2. The molecule has 0 aliphatic rings. The summed E-state index contributed by atoms with van der Waals surface area (Å²) in [6.45, 7) is 0.470. The van der Waals surface area contributed by atoms with Crippen molar-refractivity contribution in [3.63, 3.8) is 0 Å². The summed E-state index contributed by atoms with van der Waals surface area (Å²) in [7, 11) is 0. The lowest BCUT2D eigenvalue weighted by Gasteiger charge is -2.10. The zero-order valence-electron chi connectivity index (χ0n) is 15.6. The maximum atomic E-state index is 12.3. The molecular formula is C21H16Cl2N4O2S. The van der Waals surface area contributed by atoms with E-state index in [2.05, 4.69) is 15.5 Å². The van der Waals surface area contributed by atoms with Gasteiger partial charge < -0.3 is 9.73 Å². The molecule has 9 heteroatoms. The minimum Gasteiger partial charge on any atom is -0.461 e. The molecular weight excluding hydrogens is 443 g/mol. The van der Waals surface area contributed by atoms with Crippen LogP contribution in [-0.4, -0.2) is 26.4 Å². The van der Waals surface area contributed by atoms with Gasteiger partial charge >= 0.3 is 0 Å². The van der Waals surface area contributed by atoms with E-state index in [1.54, 1.807) is 35.1 Å². The van der Waals surface area contributed by atoms with E-state index < -0.39 is 0 Å². The van der Waals surface area contributed by atoms with Crippen LogP contribution in [0.2, 0.25) is 10.0 Å². The summed E-state index contributed by atoms with van der Waals surface area (Å²) in [5, 5.41) is 12.8. The summed E-state index contributed by atoms with van der Waals surface area (Å²) < 4.78 is 7.28. The molecule has 0 fully saturated rings. The first kappa shape index (κ1) is 20.5. The first-order chi connectivity index (χ1) is 14.6. The Balaban J connectivity index is 1.54. The van der Waals surface area contributed by atoms with Gasteiger partial charge in [-0.05, 0) is 35.9 Å². The van der Waals surface area contributed by atoms with E-state index in [1.807, 2.05) is 36.4 Å². The van der Waals surface area contributed by atoms with Gasteiger partial charge in [0.2, 0.25) is 11.7 Å². The molecule has 152 valence electrons. The number of hydrogen-bond acceptors (Lipinski definition) is 5. The number of halogens is 2. The number of thioether (sulfide) groups is 1. The summed E-state index contributed by atoms with van der Waals surface area (Å²) in [6, 6.07) is 18.5. The van der Waals surface area contributed by atoms with Crippen LogP contribution in [0.3, 0.4) is 0 Å². The van der Waals surface area contributed by atoms with Gasteiger partial charge in [0.1, 0.15) is 0 Å². The van der Waals surface area contributed by atoms with E-state index >= 15 is 0 Å². The Hall–Kier alpha value is -2.74. The molecule has 0 saturated carbocycles. The van der Waals surface area contributed by atoms with Crippen molar-refractivity contribution in [2.75, 3.05) is 5.75 Å². The Kier molecular flexibility index (Phi) is 6.42. The van der Waals surface area contributed by atoms with E-state index in [0.717, 1.165) is 5.56 Å². The number of aromatic nitrogens is 3. The molecule has 2 aromatic heterocycles. The number of rotatable bonds is 7. The molecule has 0 spiro atoms. The van der Waals surface area contributed by atoms with Crippen LogP contribution in [0.15, 0.2) is 76.5 Å². The smallest absolute Gasteiger partial charge is 0.230 e. The SMILES string of the molecule is O=C(CSc1nnc(-c2ccco2)n1-c1ccc(Cl)c(Cl)c1)NCc1ccccc1. The number of nitrogens with one attached hydrogen (secondary N) is 1. The van der Waals surface area contributed by atoms with Crippen molar-refractivity contribution in [1.29, 1.82) is 0 Å². The van der Waals surface area contributed by atoms with Gasteiger partial charge in [-0.15, -0.1) is 10.2 Å². The van der Waals surface area contributed by atoms with E-state index in [0.29, 0.717) is 39.0 Å². The molecule has 1 N–H and O–H groups in total. The Morgan fingerprint density at radius 3 is 2.60 bits per heavy atom. The summed E-state index contributed by atoms with van der Waals surface area (Å²) in [6.07, 6.45) is 1.56. The highest BCUT2D eigenvalue weighted by Gasteiger charge is 2.19. The second kappa shape index (κ2) is 9.38. The van der Waals surface area contributed by atoms with E-state index in [4.69, 9.17) is 27.6 Å². The number of carbonyl (C=O) groups excluding carboxylic acids is 1. The van der Waals surface area contributed by atoms with Gasteiger partial charge in [-0.3, -0.25) is 9.36 Å². The number of carbonyl (C=O) groups is 1. The molecule has 30 heavy (non-hydrogen) atoms. The number of benzene rings is 2. The third kappa shape index (κ3) is 4.70. The quantitative estimate of drug-likeness (QED) is 0.383. The van der Waals surface area contributed by atoms with Crippen LogP contribution in [0.1, 0.15) is 5.56 Å². The monoisotopic (exact) mass is 458 g/mol. The van der Waals surface area contributed by atoms with Crippen molar-refractivity contribution >= 4 is 40.9 Å². The Bertz CT molecular complexity index is 1150. The van der Waals surface area contributed by atoms with E-state index in [1.165, 1.54) is 11.8 Å². The predicted molar refractivity (Wildman–Crippen MR) is 118 cm³/mol. The first-order valence-corrected chi connectivity index (χ1v) is 10.7. The zero-order chi connectivity index (χ0) is 20.9. The second-order valence-electron chi connectivity index (χ2n) is 6.27. The molecule has 2 heterocycles. The fourth-order valence-corrected chi connectivity index (χ4v) is 3.84. The molecule has 0 aliphatic carbocycles. The molecule has 0 unspecified atom stereocenters. The predicted octanol–water partition coefficient (Wildman–Crippen LogP) is 5.24. The van der Waals surface area contributed by atoms with Crippen molar-refractivity contribution < 1.29 is 9.21 Å². The zero-order valence-corrected chi connectivity index (χ0v) is 17.9. The van der Waals surface area contributed by atoms with Crippen molar-refractivity contribution in [2.45, 2.75) is 11.7 Å². The largest absolute Gasteiger partial charge is 0.461 e. The molecule has 0 radical (unpaired) electrons. The third-order valence-corrected chi connectivity index (χ3v) is 5.87. The summed E-state index contributed by atoms with van der Waals surface area (Å²) in [5.74, 6) is 1.14. The highest BCUT2D eigenvalue weighted by molar-refractivity contribution is 7.99. The first-order valence-electron chi connectivity index (χ1n) is 9.00. The fourth-order valence-electron chi connectivity index (χ4n) is 2.76. The number of nitrogens with zero attached hydrogens (tertiary/aromatic N) is 3. The van der Waals surface area contributed by atoms with Crippen molar-refractivity contribution in [2.24, 2.45) is 0 Å². The minimum absolute atomic E-state index is 0.105. The highest BCUT2D eigenvalue weighted by Crippen LogP contribution is 2.31. The summed E-state index contributed by atoms with van der Waals surface area (Å²) in [4.78, 5) is 12.3. The number of furan rings is 1. The summed E-state index contributed by atoms with van der Waals surface area (Å²) in [5.41, 5.74) is 1.75. The van der Waals surface area contributed by atoms with Gasteiger partial charge in [0.15, 0.2) is 10.9 Å². The van der Waals surface area contributed by atoms with Crippen molar-refractivity contribution in [1.82, 2.24) is 20.1 Å². The average molecular weight is 459 g/mol. The second-order valence-corrected chi connectivity index (χ2v) is 8.03. The van der Waals surface area contributed by atoms with E-state index in [9.17, 15) is 4.79 Å². The van der Waals surface area contributed by atoms with Crippen LogP contribution in [0.4, 0.5) is 0 Å². The third-order valence-electron chi connectivity index (χ3n) is 4.20. The van der Waals surface area contributed by atoms with Crippen molar-refractivity contribution in [3.05, 3.63) is 82.5 Å². The molecule has 4 rings (SSSR count). The van der Waals surface area contributed by atoms with E-state index in [-0.39, 0.29) is 11.7 Å². The molecule has 0 bridgehead atoms. The molecule has 0 atom stereocenters. The van der Waals surface area contributed by atoms with Crippen LogP contribution in [0.25, 0.3) is 17.3 Å². The normalized spacial score (nSPS) is 10.9. The minimum atomic E-state index is -0.105. The highest BCUT2D eigenvalue weighted by atomic mass is 35.5. The van der Waals surface area contributed by atoms with Gasteiger partial charge in [0.05, 0.1) is 27.7 Å². The molecule has 2 aromatic carbocycles. The maximum Gasteiger partial charge on any atom is 0.230 e. The van der Waals surface area contributed by atoms with Crippen LogP contribution in [0.5, 0.6) is 0 Å². The Labute approximate surface area is 187 Å². The number of hydrogen-bond donors (Lipinski definition) is 1. The summed E-state index contributed by atoms with van der Waals surface area (Å²) >= 11 is 13.5. The van der Waals surface area contributed by atoms with Gasteiger partial charge in [-0.25, -0.2) is 0 Å². The molecule has 6 nitrogen and oxygen atoms in total. The molecule has 1 amide bonds. The standard InChI is InChI=1S/C21H16Cl2N4O2S/c22-16-9-8-15(11-17(16)23)27-20(18-7-4-10-29-18)25-26-21(27)30-13-19(28)24-12-14-5-2-1-3-6-14/h1-11H,12-13H2,(H,24,28). The van der Waals surface area contributed by atoms with Crippen LogP contribution in [-0.2, 0) is 11.3 Å². The number of amides is 1. The Morgan fingerprint density at radius 2 is 1.87 bits per heavy atom. The maximum absolute atomic E-state index is 12.3. The average Bonchev–Trinajstić information content (AvgIpc) is 3.43. The van der Waals surface area contributed by atoms with Crippen LogP contribution >= 0.6 is 35.0 Å². The molecule has 0 saturated heterocycles. The molecule has 0 aliphatic heterocycles. The van der Waals surface area contributed by atoms with Gasteiger partial charge in [0, 0.05) is 6.54 Å². The topological polar surface area (TPSA) is 73.0 Å². The van der Waals surface area contributed by atoms with Crippen molar-refractivity contribution in [3.8, 4) is 17.3 Å². The van der Waals surface area contributed by atoms with Crippen LogP contribution < -0.4 is 5.32 Å². The fraction of sp³-hybridized carbons (Fsp3) is 0.0952. The molecule has 4 aromatic rings. The van der Waals surface area contributed by atoms with Gasteiger partial charge in [0.25, 0.3) is 0 Å². The lowest BCUT2D eigenvalue weighted by Crippen LogP contribution is -2.24.